The van der Waals surface area contributed by atoms with Crippen molar-refractivity contribution in [3.05, 3.63) is 46.7 Å². The van der Waals surface area contributed by atoms with Gasteiger partial charge in [-0.3, -0.25) is 5.41 Å². The highest BCUT2D eigenvalue weighted by molar-refractivity contribution is 6.30. The van der Waals surface area contributed by atoms with Gasteiger partial charge in [-0.25, -0.2) is 9.97 Å². The maximum atomic E-state index is 8.18. The lowest BCUT2D eigenvalue weighted by atomic mass is 10.0. The van der Waals surface area contributed by atoms with Gasteiger partial charge < -0.3 is 11.1 Å². The van der Waals surface area contributed by atoms with E-state index in [9.17, 15) is 0 Å². The van der Waals surface area contributed by atoms with Gasteiger partial charge in [0.2, 0.25) is 0 Å². The Morgan fingerprint density at radius 1 is 1.28 bits per heavy atom. The minimum Gasteiger partial charge on any atom is -0.383 e. The van der Waals surface area contributed by atoms with Crippen molar-refractivity contribution in [2.45, 2.75) is 0 Å². The van der Waals surface area contributed by atoms with Crippen molar-refractivity contribution in [2.24, 2.45) is 0 Å². The molecule has 1 aromatic carbocycles. The van der Waals surface area contributed by atoms with Crippen molar-refractivity contribution in [3.8, 4) is 0 Å². The molecule has 6 heteroatoms. The monoisotopic (exact) mass is 261 g/mol. The highest BCUT2D eigenvalue weighted by atomic mass is 35.5. The largest absolute Gasteiger partial charge is 0.383 e. The van der Waals surface area contributed by atoms with Crippen LogP contribution in [0.25, 0.3) is 0 Å². The van der Waals surface area contributed by atoms with Gasteiger partial charge in [-0.05, 0) is 12.1 Å². The maximum Gasteiger partial charge on any atom is 0.140 e. The molecule has 0 atom stereocenters. The molecule has 1 aromatic heterocycles. The molecule has 18 heavy (non-hydrogen) atoms. The van der Waals surface area contributed by atoms with E-state index in [1.54, 1.807) is 31.3 Å². The molecule has 0 radical (unpaired) electrons. The Morgan fingerprint density at radius 3 is 2.56 bits per heavy atom. The fourth-order valence-corrected chi connectivity index (χ4v) is 1.72. The smallest absolute Gasteiger partial charge is 0.140 e. The van der Waals surface area contributed by atoms with Crippen LogP contribution in [0.2, 0.25) is 5.02 Å². The quantitative estimate of drug-likeness (QED) is 0.739. The zero-order valence-corrected chi connectivity index (χ0v) is 10.5. The van der Waals surface area contributed by atoms with Crippen molar-refractivity contribution in [2.75, 3.05) is 18.1 Å². The molecule has 2 rings (SSSR count). The molecule has 0 aliphatic rings. The Morgan fingerprint density at radius 2 is 1.94 bits per heavy atom. The first-order chi connectivity index (χ1) is 8.63. The predicted octanol–water partition coefficient (Wildman–Crippen LogP) is 2.17. The van der Waals surface area contributed by atoms with E-state index in [0.717, 1.165) is 0 Å². The summed E-state index contributed by atoms with van der Waals surface area (Å²) in [6, 6.07) is 6.97. The van der Waals surface area contributed by atoms with Gasteiger partial charge in [-0.2, -0.15) is 0 Å². The number of hydrogen-bond acceptors (Lipinski definition) is 5. The summed E-state index contributed by atoms with van der Waals surface area (Å²) >= 11 is 5.82. The van der Waals surface area contributed by atoms with Crippen molar-refractivity contribution < 1.29 is 0 Å². The van der Waals surface area contributed by atoms with Crippen LogP contribution in [0.4, 0.5) is 11.6 Å². The van der Waals surface area contributed by atoms with Gasteiger partial charge in [-0.15, -0.1) is 0 Å². The molecule has 0 bridgehead atoms. The summed E-state index contributed by atoms with van der Waals surface area (Å²) in [6.45, 7) is 0. The summed E-state index contributed by atoms with van der Waals surface area (Å²) in [5.41, 5.74) is 7.26. The summed E-state index contributed by atoms with van der Waals surface area (Å²) in [5, 5.41) is 11.7. The van der Waals surface area contributed by atoms with Gasteiger partial charge in [0, 0.05) is 17.6 Å². The van der Waals surface area contributed by atoms with Crippen molar-refractivity contribution >= 4 is 28.9 Å². The molecule has 4 N–H and O–H groups in total. The van der Waals surface area contributed by atoms with Gasteiger partial charge in [0.25, 0.3) is 0 Å². The molecule has 0 amide bonds. The van der Waals surface area contributed by atoms with Gasteiger partial charge in [0.15, 0.2) is 0 Å². The lowest BCUT2D eigenvalue weighted by Crippen LogP contribution is -2.12. The van der Waals surface area contributed by atoms with Crippen LogP contribution in [0, 0.1) is 5.41 Å². The molecule has 0 aliphatic carbocycles. The average molecular weight is 262 g/mol. The third kappa shape index (κ3) is 2.26. The van der Waals surface area contributed by atoms with E-state index >= 15 is 0 Å². The van der Waals surface area contributed by atoms with E-state index in [4.69, 9.17) is 22.7 Å². The number of rotatable bonds is 3. The summed E-state index contributed by atoms with van der Waals surface area (Å²) in [6.07, 6.45) is 1.36. The summed E-state index contributed by atoms with van der Waals surface area (Å²) in [4.78, 5) is 7.96. The Kier molecular flexibility index (Phi) is 3.43. The molecular weight excluding hydrogens is 250 g/mol. The fourth-order valence-electron chi connectivity index (χ4n) is 1.60. The number of anilines is 2. The van der Waals surface area contributed by atoms with Crippen LogP contribution in [-0.2, 0) is 0 Å². The topological polar surface area (TPSA) is 87.7 Å². The normalized spacial score (nSPS) is 10.1. The second kappa shape index (κ2) is 5.01. The molecule has 0 fully saturated rings. The van der Waals surface area contributed by atoms with Gasteiger partial charge in [0.05, 0.1) is 11.3 Å². The van der Waals surface area contributed by atoms with E-state index in [1.165, 1.54) is 6.33 Å². The number of aromatic nitrogens is 2. The molecule has 0 spiro atoms. The molecule has 0 aliphatic heterocycles. The molecular formula is C12H12ClN5. The van der Waals surface area contributed by atoms with E-state index in [-0.39, 0.29) is 11.5 Å². The van der Waals surface area contributed by atoms with Crippen molar-refractivity contribution in [1.82, 2.24) is 9.97 Å². The van der Waals surface area contributed by atoms with Gasteiger partial charge >= 0.3 is 0 Å². The van der Waals surface area contributed by atoms with E-state index in [1.807, 2.05) is 0 Å². The van der Waals surface area contributed by atoms with Crippen LogP contribution in [0.1, 0.15) is 11.1 Å². The second-order valence-corrected chi connectivity index (χ2v) is 4.05. The second-order valence-electron chi connectivity index (χ2n) is 3.61. The summed E-state index contributed by atoms with van der Waals surface area (Å²) in [5.74, 6) is 0.803. The number of nitrogen functional groups attached to an aromatic ring is 1. The Balaban J connectivity index is 2.49. The number of nitrogens with zero attached hydrogens (tertiary/aromatic N) is 2. The van der Waals surface area contributed by atoms with Gasteiger partial charge in [0.1, 0.15) is 18.0 Å². The number of benzene rings is 1. The van der Waals surface area contributed by atoms with Crippen LogP contribution in [0.15, 0.2) is 30.6 Å². The molecule has 5 nitrogen and oxygen atoms in total. The highest BCUT2D eigenvalue weighted by Crippen LogP contribution is 2.21. The first kappa shape index (κ1) is 12.3. The zero-order valence-electron chi connectivity index (χ0n) is 9.74. The third-order valence-electron chi connectivity index (χ3n) is 2.50. The Labute approximate surface area is 110 Å². The van der Waals surface area contributed by atoms with Crippen LogP contribution in [0.3, 0.4) is 0 Å². The number of halogens is 1. The first-order valence-corrected chi connectivity index (χ1v) is 5.64. The van der Waals surface area contributed by atoms with E-state index in [2.05, 4.69) is 15.3 Å². The zero-order chi connectivity index (χ0) is 13.1. The molecule has 0 unspecified atom stereocenters. The Bertz CT molecular complexity index is 580. The third-order valence-corrected chi connectivity index (χ3v) is 2.75. The first-order valence-electron chi connectivity index (χ1n) is 5.26. The summed E-state index contributed by atoms with van der Waals surface area (Å²) < 4.78 is 0. The van der Waals surface area contributed by atoms with E-state index < -0.39 is 0 Å². The van der Waals surface area contributed by atoms with Crippen LogP contribution in [-0.4, -0.2) is 22.7 Å². The van der Waals surface area contributed by atoms with Crippen LogP contribution < -0.4 is 11.1 Å². The molecule has 0 saturated carbocycles. The van der Waals surface area contributed by atoms with Crippen molar-refractivity contribution in [3.63, 3.8) is 0 Å². The SMILES string of the molecule is CNc1ncnc(N)c1C(=N)c1ccc(Cl)cc1. The van der Waals surface area contributed by atoms with Crippen LogP contribution >= 0.6 is 11.6 Å². The average Bonchev–Trinajstić information content (AvgIpc) is 2.38. The number of nitrogens with two attached hydrogens (primary N) is 1. The molecule has 2 aromatic rings. The number of nitrogens with one attached hydrogen (secondary N) is 2. The molecule has 1 heterocycles. The highest BCUT2D eigenvalue weighted by Gasteiger charge is 2.14. The summed E-state index contributed by atoms with van der Waals surface area (Å²) in [7, 11) is 1.72. The molecule has 0 saturated heterocycles. The lowest BCUT2D eigenvalue weighted by Gasteiger charge is -2.11. The van der Waals surface area contributed by atoms with Crippen LogP contribution in [0.5, 0.6) is 0 Å². The fraction of sp³-hybridized carbons (Fsp3) is 0.0833. The molecule has 92 valence electrons. The predicted molar refractivity (Wildman–Crippen MR) is 73.4 cm³/mol. The number of hydrogen-bond donors (Lipinski definition) is 3. The van der Waals surface area contributed by atoms with E-state index in [0.29, 0.717) is 22.0 Å². The minimum absolute atomic E-state index is 0.258. The Hall–Kier alpha value is -2.14. The lowest BCUT2D eigenvalue weighted by molar-refractivity contribution is 1.15. The van der Waals surface area contributed by atoms with Gasteiger partial charge in [-0.1, -0.05) is 23.7 Å². The minimum atomic E-state index is 0.258. The van der Waals surface area contributed by atoms with Crippen molar-refractivity contribution in [1.29, 1.82) is 5.41 Å². The standard InChI is InChI=1S/C12H12ClN5/c1-16-12-9(11(15)17-6-18-12)10(14)7-2-4-8(13)5-3-7/h2-6,14H,1H3,(H3,15,16,17,18). The maximum absolute atomic E-state index is 8.18.